The Hall–Kier alpha value is -1.91. The first-order chi connectivity index (χ1) is 12.8. The first-order valence-electron chi connectivity index (χ1n) is 9.74. The summed E-state index contributed by atoms with van der Waals surface area (Å²) in [4.78, 5) is 2.44. The highest BCUT2D eigenvalue weighted by atomic mass is 19.1. The number of rotatable bonds is 5. The van der Waals surface area contributed by atoms with Gasteiger partial charge in [-0.2, -0.15) is 0 Å². The number of anilines is 1. The molecule has 0 spiro atoms. The smallest absolute Gasteiger partial charge is 0.123 e. The van der Waals surface area contributed by atoms with Crippen LogP contribution in [-0.2, 0) is 4.74 Å². The Morgan fingerprint density at radius 3 is 2.50 bits per heavy atom. The van der Waals surface area contributed by atoms with Gasteiger partial charge in [-0.3, -0.25) is 0 Å². The van der Waals surface area contributed by atoms with E-state index in [0.29, 0.717) is 12.1 Å². The predicted molar refractivity (Wildman–Crippen MR) is 104 cm³/mol. The molecule has 3 nitrogen and oxygen atoms in total. The number of hydrogen-bond acceptors (Lipinski definition) is 3. The number of nitrogens with zero attached hydrogens (tertiary/aromatic N) is 1. The molecular formula is C22H27FN2O. The summed E-state index contributed by atoms with van der Waals surface area (Å²) in [7, 11) is 0. The SMILES string of the molecule is Fc1cccc(-c2ccc(N3CCC(NCC4CCCO4)CC3)cc2)c1. The van der Waals surface area contributed by atoms with E-state index in [2.05, 4.69) is 34.5 Å². The Kier molecular flexibility index (Phi) is 5.51. The van der Waals surface area contributed by atoms with Crippen LogP contribution in [0.25, 0.3) is 11.1 Å². The van der Waals surface area contributed by atoms with E-state index in [9.17, 15) is 4.39 Å². The predicted octanol–water partition coefficient (Wildman–Crippen LogP) is 4.23. The van der Waals surface area contributed by atoms with Gasteiger partial charge in [0.1, 0.15) is 5.82 Å². The monoisotopic (exact) mass is 354 g/mol. The largest absolute Gasteiger partial charge is 0.377 e. The molecule has 0 aromatic heterocycles. The van der Waals surface area contributed by atoms with Gasteiger partial charge in [-0.25, -0.2) is 4.39 Å². The average Bonchev–Trinajstić information content (AvgIpc) is 3.21. The summed E-state index contributed by atoms with van der Waals surface area (Å²) in [6.07, 6.45) is 5.15. The molecule has 0 bridgehead atoms. The van der Waals surface area contributed by atoms with Gasteiger partial charge >= 0.3 is 0 Å². The lowest BCUT2D eigenvalue weighted by Gasteiger charge is -2.34. The fourth-order valence-electron chi connectivity index (χ4n) is 3.98. The lowest BCUT2D eigenvalue weighted by atomic mass is 10.0. The second-order valence-electron chi connectivity index (χ2n) is 7.36. The fraction of sp³-hybridized carbons (Fsp3) is 0.455. The Morgan fingerprint density at radius 2 is 1.81 bits per heavy atom. The molecule has 2 aliphatic heterocycles. The topological polar surface area (TPSA) is 24.5 Å². The molecule has 0 amide bonds. The summed E-state index contributed by atoms with van der Waals surface area (Å²) in [5.41, 5.74) is 3.23. The van der Waals surface area contributed by atoms with Crippen molar-refractivity contribution in [3.8, 4) is 11.1 Å². The van der Waals surface area contributed by atoms with Crippen LogP contribution in [0.3, 0.4) is 0 Å². The van der Waals surface area contributed by atoms with Crippen molar-refractivity contribution in [2.45, 2.75) is 37.8 Å². The highest BCUT2D eigenvalue weighted by molar-refractivity contribution is 5.66. The van der Waals surface area contributed by atoms with Crippen LogP contribution in [0, 0.1) is 5.82 Å². The van der Waals surface area contributed by atoms with Crippen LogP contribution in [0.1, 0.15) is 25.7 Å². The molecule has 0 aliphatic carbocycles. The number of nitrogens with one attached hydrogen (secondary N) is 1. The van der Waals surface area contributed by atoms with E-state index in [1.54, 1.807) is 12.1 Å². The van der Waals surface area contributed by atoms with Crippen molar-refractivity contribution in [3.05, 3.63) is 54.3 Å². The molecule has 1 atom stereocenters. The van der Waals surface area contributed by atoms with E-state index in [4.69, 9.17) is 4.74 Å². The second-order valence-corrected chi connectivity index (χ2v) is 7.36. The fourth-order valence-corrected chi connectivity index (χ4v) is 3.98. The van der Waals surface area contributed by atoms with E-state index >= 15 is 0 Å². The molecule has 4 heteroatoms. The van der Waals surface area contributed by atoms with Crippen LogP contribution in [-0.4, -0.2) is 38.4 Å². The molecular weight excluding hydrogens is 327 g/mol. The van der Waals surface area contributed by atoms with Crippen molar-refractivity contribution >= 4 is 5.69 Å². The number of benzene rings is 2. The highest BCUT2D eigenvalue weighted by Crippen LogP contribution is 2.25. The van der Waals surface area contributed by atoms with Crippen LogP contribution in [0.4, 0.5) is 10.1 Å². The van der Waals surface area contributed by atoms with Crippen LogP contribution in [0.5, 0.6) is 0 Å². The molecule has 2 aromatic carbocycles. The molecule has 1 unspecified atom stereocenters. The minimum Gasteiger partial charge on any atom is -0.377 e. The Morgan fingerprint density at radius 1 is 1.00 bits per heavy atom. The van der Waals surface area contributed by atoms with E-state index in [1.807, 2.05) is 6.07 Å². The molecule has 2 saturated heterocycles. The highest BCUT2D eigenvalue weighted by Gasteiger charge is 2.21. The van der Waals surface area contributed by atoms with Crippen LogP contribution >= 0.6 is 0 Å². The third-order valence-corrected chi connectivity index (χ3v) is 5.54. The zero-order valence-corrected chi connectivity index (χ0v) is 15.2. The number of halogens is 1. The quantitative estimate of drug-likeness (QED) is 0.870. The molecule has 1 N–H and O–H groups in total. The van der Waals surface area contributed by atoms with Crippen LogP contribution in [0.15, 0.2) is 48.5 Å². The second kappa shape index (κ2) is 8.19. The Bertz CT molecular complexity index is 704. The van der Waals surface area contributed by atoms with Crippen molar-refractivity contribution in [1.82, 2.24) is 5.32 Å². The summed E-state index contributed by atoms with van der Waals surface area (Å²) in [6, 6.07) is 15.9. The molecule has 138 valence electrons. The van der Waals surface area contributed by atoms with Gasteiger partial charge in [-0.1, -0.05) is 24.3 Å². The van der Waals surface area contributed by atoms with Crippen molar-refractivity contribution in [2.24, 2.45) is 0 Å². The standard InChI is InChI=1S/C22H27FN2O/c23-19-4-1-3-18(15-19)17-6-8-21(9-7-17)25-12-10-20(11-13-25)24-16-22-5-2-14-26-22/h1,3-4,6-9,15,20,22,24H,2,5,10-14,16H2. The maximum absolute atomic E-state index is 13.4. The Labute approximate surface area is 155 Å². The molecule has 2 aromatic rings. The van der Waals surface area contributed by atoms with Crippen molar-refractivity contribution in [2.75, 3.05) is 31.1 Å². The zero-order chi connectivity index (χ0) is 17.8. The summed E-state index contributed by atoms with van der Waals surface area (Å²) >= 11 is 0. The molecule has 0 saturated carbocycles. The van der Waals surface area contributed by atoms with Crippen LogP contribution in [0.2, 0.25) is 0 Å². The first-order valence-corrected chi connectivity index (χ1v) is 9.74. The molecule has 0 radical (unpaired) electrons. The third kappa shape index (κ3) is 4.25. The zero-order valence-electron chi connectivity index (χ0n) is 15.2. The van der Waals surface area contributed by atoms with E-state index in [0.717, 1.165) is 37.4 Å². The van der Waals surface area contributed by atoms with E-state index in [1.165, 1.54) is 37.4 Å². The van der Waals surface area contributed by atoms with Gasteiger partial charge in [0.05, 0.1) is 6.10 Å². The minimum atomic E-state index is -0.191. The first kappa shape index (κ1) is 17.5. The maximum atomic E-state index is 13.4. The summed E-state index contributed by atoms with van der Waals surface area (Å²) in [5.74, 6) is -0.191. The van der Waals surface area contributed by atoms with Crippen molar-refractivity contribution < 1.29 is 9.13 Å². The van der Waals surface area contributed by atoms with E-state index < -0.39 is 0 Å². The third-order valence-electron chi connectivity index (χ3n) is 5.54. The lowest BCUT2D eigenvalue weighted by molar-refractivity contribution is 0.106. The summed E-state index contributed by atoms with van der Waals surface area (Å²) in [5, 5.41) is 3.68. The van der Waals surface area contributed by atoms with Gasteiger partial charge in [0.2, 0.25) is 0 Å². The summed E-state index contributed by atoms with van der Waals surface area (Å²) < 4.78 is 19.1. The van der Waals surface area contributed by atoms with Crippen molar-refractivity contribution in [1.29, 1.82) is 0 Å². The molecule has 2 aliphatic rings. The van der Waals surface area contributed by atoms with Crippen LogP contribution < -0.4 is 10.2 Å². The van der Waals surface area contributed by atoms with Crippen molar-refractivity contribution in [3.63, 3.8) is 0 Å². The molecule has 2 fully saturated rings. The molecule has 2 heterocycles. The summed E-state index contributed by atoms with van der Waals surface area (Å²) in [6.45, 7) is 4.06. The Balaban J connectivity index is 1.30. The van der Waals surface area contributed by atoms with Gasteiger partial charge in [-0.05, 0) is 61.1 Å². The van der Waals surface area contributed by atoms with Gasteiger partial charge in [0, 0.05) is 38.0 Å². The van der Waals surface area contributed by atoms with Gasteiger partial charge in [-0.15, -0.1) is 0 Å². The lowest BCUT2D eigenvalue weighted by Crippen LogP contribution is -2.44. The average molecular weight is 354 g/mol. The molecule has 4 rings (SSSR count). The normalized spacial score (nSPS) is 21.3. The number of hydrogen-bond donors (Lipinski definition) is 1. The minimum absolute atomic E-state index is 0.191. The van der Waals surface area contributed by atoms with Gasteiger partial charge in [0.15, 0.2) is 0 Å². The van der Waals surface area contributed by atoms with Gasteiger partial charge in [0.25, 0.3) is 0 Å². The number of ether oxygens (including phenoxy) is 1. The number of piperidine rings is 1. The molecule has 26 heavy (non-hydrogen) atoms. The maximum Gasteiger partial charge on any atom is 0.123 e. The van der Waals surface area contributed by atoms with Gasteiger partial charge < -0.3 is 15.0 Å². The van der Waals surface area contributed by atoms with E-state index in [-0.39, 0.29) is 5.82 Å².